The predicted molar refractivity (Wildman–Crippen MR) is 66.8 cm³/mol. The molecule has 2 aliphatic rings. The third kappa shape index (κ3) is 1.27. The van der Waals surface area contributed by atoms with Gasteiger partial charge in [-0.25, -0.2) is 4.79 Å². The average molecular weight is 244 g/mol. The lowest BCUT2D eigenvalue weighted by molar-refractivity contribution is -0.252. The molecule has 0 unspecified atom stereocenters. The predicted octanol–water partition coefficient (Wildman–Crippen LogP) is 3.36. The smallest absolute Gasteiger partial charge is 0.342 e. The Labute approximate surface area is 106 Å². The summed E-state index contributed by atoms with van der Waals surface area (Å²) in [5.41, 5.74) is 1.17. The van der Waals surface area contributed by atoms with E-state index in [0.717, 1.165) is 17.7 Å². The van der Waals surface area contributed by atoms with Crippen LogP contribution in [0, 0.1) is 5.41 Å². The van der Waals surface area contributed by atoms with Crippen LogP contribution < -0.4 is 0 Å². The molecule has 94 valence electrons. The van der Waals surface area contributed by atoms with Crippen LogP contribution >= 0.6 is 0 Å². The second-order valence-corrected chi connectivity index (χ2v) is 5.56. The van der Waals surface area contributed by atoms with E-state index in [2.05, 4.69) is 13.8 Å². The van der Waals surface area contributed by atoms with Crippen molar-refractivity contribution in [1.29, 1.82) is 0 Å². The topological polar surface area (TPSA) is 35.5 Å². The van der Waals surface area contributed by atoms with Gasteiger partial charge in [-0.1, -0.05) is 32.0 Å². The number of rotatable bonds is 0. The Bertz CT molecular complexity index is 557. The molecule has 0 aromatic heterocycles. The molecule has 0 amide bonds. The number of esters is 1. The van der Waals surface area contributed by atoms with Crippen molar-refractivity contribution < 1.29 is 14.3 Å². The SMILES string of the molecule is CC1=CCC(C)(C)[C@]2(OC(=O)c3ccccc32)O1. The molecule has 1 aromatic carbocycles. The minimum Gasteiger partial charge on any atom is -0.453 e. The highest BCUT2D eigenvalue weighted by Crippen LogP contribution is 2.54. The van der Waals surface area contributed by atoms with Gasteiger partial charge in [-0.15, -0.1) is 0 Å². The lowest BCUT2D eigenvalue weighted by atomic mass is 9.75. The zero-order valence-electron chi connectivity index (χ0n) is 10.8. The molecule has 1 spiro atoms. The van der Waals surface area contributed by atoms with E-state index in [1.807, 2.05) is 31.2 Å². The van der Waals surface area contributed by atoms with Gasteiger partial charge in [0.1, 0.15) is 0 Å². The number of ether oxygens (including phenoxy) is 2. The molecular formula is C15H16O3. The quantitative estimate of drug-likeness (QED) is 0.656. The first-order valence-corrected chi connectivity index (χ1v) is 6.15. The number of allylic oxidation sites excluding steroid dienone is 2. The Morgan fingerprint density at radius 1 is 1.17 bits per heavy atom. The Balaban J connectivity index is 2.23. The van der Waals surface area contributed by atoms with E-state index >= 15 is 0 Å². The maximum absolute atomic E-state index is 12.0. The molecule has 18 heavy (non-hydrogen) atoms. The van der Waals surface area contributed by atoms with E-state index in [0.29, 0.717) is 5.56 Å². The third-order valence-corrected chi connectivity index (χ3v) is 3.83. The maximum atomic E-state index is 12.0. The van der Waals surface area contributed by atoms with Crippen LogP contribution in [-0.4, -0.2) is 5.97 Å². The number of carbonyl (C=O) groups is 1. The molecule has 2 aliphatic heterocycles. The molecule has 0 saturated carbocycles. The van der Waals surface area contributed by atoms with Crippen molar-refractivity contribution in [3.05, 3.63) is 47.2 Å². The number of carbonyl (C=O) groups excluding carboxylic acids is 1. The Morgan fingerprint density at radius 3 is 2.67 bits per heavy atom. The van der Waals surface area contributed by atoms with Gasteiger partial charge in [-0.3, -0.25) is 0 Å². The summed E-state index contributed by atoms with van der Waals surface area (Å²) in [6.45, 7) is 6.02. The van der Waals surface area contributed by atoms with Crippen molar-refractivity contribution in [2.45, 2.75) is 33.0 Å². The van der Waals surface area contributed by atoms with Crippen LogP contribution in [0.5, 0.6) is 0 Å². The zero-order chi connectivity index (χ0) is 13.0. The van der Waals surface area contributed by atoms with Gasteiger partial charge in [-0.05, 0) is 25.5 Å². The highest BCUT2D eigenvalue weighted by atomic mass is 16.7. The maximum Gasteiger partial charge on any atom is 0.342 e. The summed E-state index contributed by atoms with van der Waals surface area (Å²) in [6.07, 6.45) is 2.86. The van der Waals surface area contributed by atoms with E-state index in [9.17, 15) is 4.79 Å². The largest absolute Gasteiger partial charge is 0.453 e. The fraction of sp³-hybridized carbons (Fsp3) is 0.400. The molecule has 3 heteroatoms. The fourth-order valence-corrected chi connectivity index (χ4v) is 2.71. The van der Waals surface area contributed by atoms with Gasteiger partial charge in [0.25, 0.3) is 5.79 Å². The van der Waals surface area contributed by atoms with Crippen molar-refractivity contribution in [1.82, 2.24) is 0 Å². The van der Waals surface area contributed by atoms with Crippen LogP contribution in [0.2, 0.25) is 0 Å². The second kappa shape index (κ2) is 3.37. The molecular weight excluding hydrogens is 228 g/mol. The number of fused-ring (bicyclic) bond motifs is 2. The van der Waals surface area contributed by atoms with Gasteiger partial charge in [-0.2, -0.15) is 0 Å². The number of hydrogen-bond donors (Lipinski definition) is 0. The normalized spacial score (nSPS) is 28.4. The summed E-state index contributed by atoms with van der Waals surface area (Å²) in [7, 11) is 0. The van der Waals surface area contributed by atoms with Crippen molar-refractivity contribution >= 4 is 5.97 Å². The first kappa shape index (κ1) is 11.3. The van der Waals surface area contributed by atoms with Crippen LogP contribution in [0.3, 0.4) is 0 Å². The molecule has 0 aliphatic carbocycles. The van der Waals surface area contributed by atoms with Crippen molar-refractivity contribution in [2.75, 3.05) is 0 Å². The average Bonchev–Trinajstić information content (AvgIpc) is 2.61. The van der Waals surface area contributed by atoms with Crippen LogP contribution in [0.15, 0.2) is 36.1 Å². The molecule has 0 radical (unpaired) electrons. The molecule has 0 bridgehead atoms. The second-order valence-electron chi connectivity index (χ2n) is 5.56. The summed E-state index contributed by atoms with van der Waals surface area (Å²) in [6, 6.07) is 7.47. The van der Waals surface area contributed by atoms with Gasteiger partial charge in [0, 0.05) is 0 Å². The van der Waals surface area contributed by atoms with E-state index < -0.39 is 5.79 Å². The molecule has 0 N–H and O–H groups in total. The Morgan fingerprint density at radius 2 is 1.89 bits per heavy atom. The molecule has 1 atom stereocenters. The summed E-state index contributed by atoms with van der Waals surface area (Å²) in [5.74, 6) is -0.466. The van der Waals surface area contributed by atoms with Crippen LogP contribution in [-0.2, 0) is 15.3 Å². The van der Waals surface area contributed by atoms with E-state index in [-0.39, 0.29) is 11.4 Å². The van der Waals surface area contributed by atoms with Crippen molar-refractivity contribution in [3.8, 4) is 0 Å². The van der Waals surface area contributed by atoms with Crippen LogP contribution in [0.25, 0.3) is 0 Å². The van der Waals surface area contributed by atoms with E-state index in [4.69, 9.17) is 9.47 Å². The van der Waals surface area contributed by atoms with Crippen LogP contribution in [0.4, 0.5) is 0 Å². The Kier molecular flexibility index (Phi) is 2.12. The van der Waals surface area contributed by atoms with E-state index in [1.165, 1.54) is 0 Å². The van der Waals surface area contributed by atoms with Crippen molar-refractivity contribution in [3.63, 3.8) is 0 Å². The molecule has 0 fully saturated rings. The minimum atomic E-state index is -0.973. The first-order valence-electron chi connectivity index (χ1n) is 6.15. The molecule has 0 saturated heterocycles. The monoisotopic (exact) mass is 244 g/mol. The van der Waals surface area contributed by atoms with E-state index in [1.54, 1.807) is 6.07 Å². The molecule has 2 heterocycles. The summed E-state index contributed by atoms with van der Waals surface area (Å²) in [4.78, 5) is 12.0. The molecule has 1 aromatic rings. The number of hydrogen-bond acceptors (Lipinski definition) is 3. The highest BCUT2D eigenvalue weighted by Gasteiger charge is 2.59. The molecule has 3 rings (SSSR count). The van der Waals surface area contributed by atoms with Crippen molar-refractivity contribution in [2.24, 2.45) is 5.41 Å². The fourth-order valence-electron chi connectivity index (χ4n) is 2.71. The van der Waals surface area contributed by atoms with Gasteiger partial charge in [0.15, 0.2) is 0 Å². The number of benzene rings is 1. The lowest BCUT2D eigenvalue weighted by Crippen LogP contribution is -2.46. The first-order chi connectivity index (χ1) is 8.46. The minimum absolute atomic E-state index is 0.283. The Hall–Kier alpha value is -1.77. The summed E-state index contributed by atoms with van der Waals surface area (Å²) >= 11 is 0. The lowest BCUT2D eigenvalue weighted by Gasteiger charge is -2.45. The van der Waals surface area contributed by atoms with Gasteiger partial charge in [0.05, 0.1) is 22.3 Å². The summed E-state index contributed by atoms with van der Waals surface area (Å²) < 4.78 is 11.6. The van der Waals surface area contributed by atoms with Gasteiger partial charge >= 0.3 is 5.97 Å². The standard InChI is InChI=1S/C15H16O3/c1-10-8-9-14(2,3)15(17-10)12-7-5-4-6-11(12)13(16)18-15/h4-8H,9H2,1-3H3/t15-/m0/s1. The highest BCUT2D eigenvalue weighted by molar-refractivity contribution is 5.94. The molecule has 3 nitrogen and oxygen atoms in total. The van der Waals surface area contributed by atoms with Crippen LogP contribution in [0.1, 0.15) is 43.1 Å². The zero-order valence-corrected chi connectivity index (χ0v) is 10.8. The van der Waals surface area contributed by atoms with Gasteiger partial charge < -0.3 is 9.47 Å². The summed E-state index contributed by atoms with van der Waals surface area (Å²) in [5, 5.41) is 0. The third-order valence-electron chi connectivity index (χ3n) is 3.83. The van der Waals surface area contributed by atoms with Gasteiger partial charge in [0.2, 0.25) is 0 Å².